The van der Waals surface area contributed by atoms with Crippen molar-refractivity contribution >= 4 is 5.91 Å². The number of hydrogen-bond acceptors (Lipinski definition) is 3. The van der Waals surface area contributed by atoms with Gasteiger partial charge in [-0.2, -0.15) is 0 Å². The molecule has 2 rings (SSSR count). The van der Waals surface area contributed by atoms with Crippen molar-refractivity contribution in [1.29, 1.82) is 0 Å². The van der Waals surface area contributed by atoms with E-state index in [9.17, 15) is 14.3 Å². The second-order valence-corrected chi connectivity index (χ2v) is 6.00. The summed E-state index contributed by atoms with van der Waals surface area (Å²) >= 11 is 0. The summed E-state index contributed by atoms with van der Waals surface area (Å²) in [6.07, 6.45) is 1.27. The molecule has 128 valence electrons. The van der Waals surface area contributed by atoms with Gasteiger partial charge in [0.05, 0.1) is 5.60 Å². The maximum absolute atomic E-state index is 12.8. The highest BCUT2D eigenvalue weighted by atomic mass is 19.1. The average molecular weight is 331 g/mol. The molecular weight excluding hydrogens is 309 g/mol. The number of aliphatic hydroxyl groups is 1. The highest BCUT2D eigenvalue weighted by Gasteiger charge is 2.21. The molecule has 0 fully saturated rings. The van der Waals surface area contributed by atoms with Crippen LogP contribution >= 0.6 is 0 Å². The third-order valence-corrected chi connectivity index (χ3v) is 3.65. The molecule has 0 bridgehead atoms. The lowest BCUT2D eigenvalue weighted by atomic mass is 9.97. The fourth-order valence-electron chi connectivity index (χ4n) is 2.17. The van der Waals surface area contributed by atoms with Crippen LogP contribution in [0.4, 0.5) is 4.39 Å². The van der Waals surface area contributed by atoms with Crippen molar-refractivity contribution in [2.45, 2.75) is 25.4 Å². The molecule has 0 radical (unpaired) electrons. The Kier molecular flexibility index (Phi) is 6.32. The van der Waals surface area contributed by atoms with E-state index in [0.29, 0.717) is 12.2 Å². The van der Waals surface area contributed by atoms with E-state index in [-0.39, 0.29) is 24.9 Å². The molecule has 0 aliphatic heterocycles. The number of carbonyl (C=O) groups is 1. The summed E-state index contributed by atoms with van der Waals surface area (Å²) in [5, 5.41) is 13.0. The van der Waals surface area contributed by atoms with Crippen molar-refractivity contribution < 1.29 is 19.0 Å². The first-order valence-electron chi connectivity index (χ1n) is 7.86. The summed E-state index contributed by atoms with van der Waals surface area (Å²) < 4.78 is 18.0. The first-order valence-corrected chi connectivity index (χ1v) is 7.86. The van der Waals surface area contributed by atoms with Crippen LogP contribution in [0, 0.1) is 5.82 Å². The number of carbonyl (C=O) groups excluding carboxylic acids is 1. The monoisotopic (exact) mass is 331 g/mol. The summed E-state index contributed by atoms with van der Waals surface area (Å²) in [7, 11) is 0. The van der Waals surface area contributed by atoms with Crippen LogP contribution in [0.5, 0.6) is 5.75 Å². The van der Waals surface area contributed by atoms with E-state index in [0.717, 1.165) is 12.0 Å². The maximum atomic E-state index is 12.8. The second kappa shape index (κ2) is 8.45. The molecule has 2 aromatic carbocycles. The number of aryl methyl sites for hydroxylation is 1. The molecule has 2 aromatic rings. The molecule has 0 aromatic heterocycles. The van der Waals surface area contributed by atoms with E-state index in [4.69, 9.17) is 4.74 Å². The maximum Gasteiger partial charge on any atom is 0.258 e. The molecule has 2 N–H and O–H groups in total. The largest absolute Gasteiger partial charge is 0.484 e. The fraction of sp³-hybridized carbons (Fsp3) is 0.316. The van der Waals surface area contributed by atoms with Crippen molar-refractivity contribution in [3.05, 3.63) is 66.0 Å². The fourth-order valence-corrected chi connectivity index (χ4v) is 2.17. The van der Waals surface area contributed by atoms with Gasteiger partial charge in [0, 0.05) is 6.54 Å². The summed E-state index contributed by atoms with van der Waals surface area (Å²) in [5.74, 6) is -0.275. The topological polar surface area (TPSA) is 58.6 Å². The third kappa shape index (κ3) is 6.38. The predicted molar refractivity (Wildman–Crippen MR) is 90.3 cm³/mol. The molecule has 0 aliphatic carbocycles. The molecule has 0 aliphatic rings. The Bertz CT molecular complexity index is 641. The Morgan fingerprint density at radius 1 is 1.17 bits per heavy atom. The van der Waals surface area contributed by atoms with Gasteiger partial charge in [-0.15, -0.1) is 0 Å². The minimum absolute atomic E-state index is 0.144. The van der Waals surface area contributed by atoms with E-state index < -0.39 is 5.60 Å². The quantitative estimate of drug-likeness (QED) is 0.782. The van der Waals surface area contributed by atoms with Gasteiger partial charge in [0.2, 0.25) is 0 Å². The average Bonchev–Trinajstić information content (AvgIpc) is 2.59. The molecular formula is C19H22FNO3. The lowest BCUT2D eigenvalue weighted by Gasteiger charge is -2.23. The first-order chi connectivity index (χ1) is 11.4. The van der Waals surface area contributed by atoms with Crippen LogP contribution in [-0.2, 0) is 11.2 Å². The number of amides is 1. The van der Waals surface area contributed by atoms with Gasteiger partial charge in [-0.1, -0.05) is 30.3 Å². The number of hydrogen-bond donors (Lipinski definition) is 2. The van der Waals surface area contributed by atoms with E-state index in [1.54, 1.807) is 6.92 Å². The zero-order valence-electron chi connectivity index (χ0n) is 13.7. The Balaban J connectivity index is 1.70. The predicted octanol–water partition coefficient (Wildman–Crippen LogP) is 2.70. The van der Waals surface area contributed by atoms with Crippen molar-refractivity contribution in [3.63, 3.8) is 0 Å². The standard InChI is InChI=1S/C19H22FNO3/c1-19(23,12-11-15-5-3-2-4-6-15)14-21-18(22)13-24-17-9-7-16(20)8-10-17/h2-10,23H,11-14H2,1H3,(H,21,22)/t19-/m1/s1. The van der Waals surface area contributed by atoms with Crippen molar-refractivity contribution in [3.8, 4) is 5.75 Å². The molecule has 0 unspecified atom stereocenters. The highest BCUT2D eigenvalue weighted by Crippen LogP contribution is 2.13. The van der Waals surface area contributed by atoms with E-state index in [1.807, 2.05) is 30.3 Å². The highest BCUT2D eigenvalue weighted by molar-refractivity contribution is 5.77. The molecule has 5 heteroatoms. The Morgan fingerprint density at radius 2 is 1.83 bits per heavy atom. The number of nitrogens with one attached hydrogen (secondary N) is 1. The smallest absolute Gasteiger partial charge is 0.258 e. The van der Waals surface area contributed by atoms with Crippen molar-refractivity contribution in [2.75, 3.05) is 13.2 Å². The lowest BCUT2D eigenvalue weighted by Crippen LogP contribution is -2.42. The van der Waals surface area contributed by atoms with Gasteiger partial charge >= 0.3 is 0 Å². The minimum Gasteiger partial charge on any atom is -0.484 e. The van der Waals surface area contributed by atoms with Gasteiger partial charge in [-0.05, 0) is 49.6 Å². The molecule has 1 atom stereocenters. The zero-order valence-corrected chi connectivity index (χ0v) is 13.7. The van der Waals surface area contributed by atoms with Gasteiger partial charge in [0.15, 0.2) is 6.61 Å². The summed E-state index contributed by atoms with van der Waals surface area (Å²) in [4.78, 5) is 11.8. The van der Waals surface area contributed by atoms with Gasteiger partial charge in [0.1, 0.15) is 11.6 Å². The Hall–Kier alpha value is -2.40. The van der Waals surface area contributed by atoms with Gasteiger partial charge in [0.25, 0.3) is 5.91 Å². The van der Waals surface area contributed by atoms with Gasteiger partial charge in [-0.25, -0.2) is 4.39 Å². The molecule has 0 saturated heterocycles. The molecule has 4 nitrogen and oxygen atoms in total. The van der Waals surface area contributed by atoms with E-state index in [1.165, 1.54) is 24.3 Å². The number of benzene rings is 2. The van der Waals surface area contributed by atoms with E-state index >= 15 is 0 Å². The van der Waals surface area contributed by atoms with Crippen molar-refractivity contribution in [1.82, 2.24) is 5.32 Å². The number of halogens is 1. The van der Waals surface area contributed by atoms with Crippen LogP contribution in [-0.4, -0.2) is 29.8 Å². The molecule has 0 heterocycles. The minimum atomic E-state index is -0.999. The second-order valence-electron chi connectivity index (χ2n) is 6.00. The lowest BCUT2D eigenvalue weighted by molar-refractivity contribution is -0.124. The zero-order chi connectivity index (χ0) is 17.4. The molecule has 0 saturated carbocycles. The van der Waals surface area contributed by atoms with Gasteiger partial charge in [-0.3, -0.25) is 4.79 Å². The van der Waals surface area contributed by atoms with Crippen LogP contribution in [0.25, 0.3) is 0 Å². The van der Waals surface area contributed by atoms with Crippen LogP contribution in [0.2, 0.25) is 0 Å². The van der Waals surface area contributed by atoms with Crippen LogP contribution in [0.1, 0.15) is 18.9 Å². The SMILES string of the molecule is C[C@@](O)(CCc1ccccc1)CNC(=O)COc1ccc(F)cc1. The van der Waals surface area contributed by atoms with Crippen LogP contribution in [0.3, 0.4) is 0 Å². The summed E-state index contributed by atoms with van der Waals surface area (Å²) in [6.45, 7) is 1.66. The van der Waals surface area contributed by atoms with Crippen LogP contribution < -0.4 is 10.1 Å². The van der Waals surface area contributed by atoms with Crippen molar-refractivity contribution in [2.24, 2.45) is 0 Å². The Labute approximate surface area is 141 Å². The van der Waals surface area contributed by atoms with Crippen LogP contribution in [0.15, 0.2) is 54.6 Å². The Morgan fingerprint density at radius 3 is 2.50 bits per heavy atom. The molecule has 24 heavy (non-hydrogen) atoms. The molecule has 1 amide bonds. The third-order valence-electron chi connectivity index (χ3n) is 3.65. The first kappa shape index (κ1) is 17.9. The number of ether oxygens (including phenoxy) is 1. The molecule has 0 spiro atoms. The normalized spacial score (nSPS) is 13.1. The summed E-state index contributed by atoms with van der Waals surface area (Å²) in [5.41, 5.74) is 0.144. The number of rotatable bonds is 8. The van der Waals surface area contributed by atoms with E-state index in [2.05, 4.69) is 5.32 Å². The van der Waals surface area contributed by atoms with Gasteiger partial charge < -0.3 is 15.2 Å². The summed E-state index contributed by atoms with van der Waals surface area (Å²) in [6, 6.07) is 15.3.